The van der Waals surface area contributed by atoms with Gasteiger partial charge in [0.25, 0.3) is 0 Å². The van der Waals surface area contributed by atoms with Gasteiger partial charge in [0.1, 0.15) is 0 Å². The zero-order chi connectivity index (χ0) is 10.8. The van der Waals surface area contributed by atoms with E-state index in [9.17, 15) is 0 Å². The molecule has 1 aromatic carbocycles. The van der Waals surface area contributed by atoms with Crippen molar-refractivity contribution in [3.63, 3.8) is 0 Å². The highest BCUT2D eigenvalue weighted by atomic mass is 79.9. The van der Waals surface area contributed by atoms with Crippen LogP contribution in [0.1, 0.15) is 24.3 Å². The number of hydrogen-bond acceptors (Lipinski definition) is 2. The van der Waals surface area contributed by atoms with Crippen LogP contribution in [-0.4, -0.2) is 11.8 Å². The molecule has 0 bridgehead atoms. The second-order valence-electron chi connectivity index (χ2n) is 3.74. The summed E-state index contributed by atoms with van der Waals surface area (Å²) >= 11 is 11.6. The van der Waals surface area contributed by atoms with E-state index in [4.69, 9.17) is 11.6 Å². The average molecular weight is 307 g/mol. The van der Waals surface area contributed by atoms with Gasteiger partial charge in [-0.2, -0.15) is 0 Å². The van der Waals surface area contributed by atoms with Gasteiger partial charge in [0.2, 0.25) is 0 Å². The van der Waals surface area contributed by atoms with E-state index in [1.54, 1.807) is 0 Å². The van der Waals surface area contributed by atoms with E-state index in [0.29, 0.717) is 10.6 Å². The standard InChI is InChI=1S/C11H13BrClNS/c1-7-4-5-14-11(15-7)9-3-2-8(12)6-10(9)13/h2-3,6-7,11,14H,4-5H2,1H3. The predicted octanol–water partition coefficient (Wildman–Crippen LogP) is 4.22. The molecule has 1 aliphatic rings. The van der Waals surface area contributed by atoms with Crippen LogP contribution >= 0.6 is 39.3 Å². The van der Waals surface area contributed by atoms with E-state index in [0.717, 1.165) is 16.0 Å². The Hall–Kier alpha value is 0.300. The number of hydrogen-bond donors (Lipinski definition) is 1. The molecule has 1 fully saturated rings. The van der Waals surface area contributed by atoms with Gasteiger partial charge in [-0.15, -0.1) is 11.8 Å². The van der Waals surface area contributed by atoms with Crippen molar-refractivity contribution in [1.82, 2.24) is 5.32 Å². The average Bonchev–Trinajstić information content (AvgIpc) is 2.17. The van der Waals surface area contributed by atoms with Gasteiger partial charge in [0, 0.05) is 14.7 Å². The molecule has 1 nitrogen and oxygen atoms in total. The Morgan fingerprint density at radius 3 is 3.00 bits per heavy atom. The Morgan fingerprint density at radius 1 is 1.53 bits per heavy atom. The number of nitrogens with one attached hydrogen (secondary N) is 1. The van der Waals surface area contributed by atoms with E-state index in [1.165, 1.54) is 12.0 Å². The Bertz CT molecular complexity index is 358. The molecule has 0 amide bonds. The second kappa shape index (κ2) is 5.09. The molecule has 0 saturated carbocycles. The van der Waals surface area contributed by atoms with Crippen LogP contribution in [-0.2, 0) is 0 Å². The maximum atomic E-state index is 6.23. The van der Waals surface area contributed by atoms with Gasteiger partial charge in [-0.25, -0.2) is 0 Å². The first-order valence-electron chi connectivity index (χ1n) is 5.00. The summed E-state index contributed by atoms with van der Waals surface area (Å²) in [6.07, 6.45) is 1.23. The van der Waals surface area contributed by atoms with Gasteiger partial charge < -0.3 is 5.32 Å². The largest absolute Gasteiger partial charge is 0.302 e. The smallest absolute Gasteiger partial charge is 0.0806 e. The van der Waals surface area contributed by atoms with E-state index >= 15 is 0 Å². The summed E-state index contributed by atoms with van der Waals surface area (Å²) < 4.78 is 1.03. The number of thioether (sulfide) groups is 1. The minimum Gasteiger partial charge on any atom is -0.302 e. The molecule has 0 radical (unpaired) electrons. The first-order valence-corrected chi connectivity index (χ1v) is 7.12. The van der Waals surface area contributed by atoms with Crippen molar-refractivity contribution >= 4 is 39.3 Å². The minimum absolute atomic E-state index is 0.342. The summed E-state index contributed by atoms with van der Waals surface area (Å²) in [4.78, 5) is 0. The van der Waals surface area contributed by atoms with Gasteiger partial charge in [-0.05, 0) is 30.7 Å². The molecular formula is C11H13BrClNS. The van der Waals surface area contributed by atoms with Crippen LogP contribution in [0.3, 0.4) is 0 Å². The summed E-state index contributed by atoms with van der Waals surface area (Å²) in [5.74, 6) is 0. The zero-order valence-electron chi connectivity index (χ0n) is 8.47. The monoisotopic (exact) mass is 305 g/mol. The highest BCUT2D eigenvalue weighted by Crippen LogP contribution is 2.38. The fraction of sp³-hybridized carbons (Fsp3) is 0.455. The maximum absolute atomic E-state index is 6.23. The molecule has 2 rings (SSSR count). The molecular weight excluding hydrogens is 294 g/mol. The normalized spacial score (nSPS) is 26.6. The highest BCUT2D eigenvalue weighted by Gasteiger charge is 2.21. The first kappa shape index (κ1) is 11.8. The zero-order valence-corrected chi connectivity index (χ0v) is 11.6. The third-order valence-corrected chi connectivity index (χ3v) is 4.71. The van der Waals surface area contributed by atoms with Crippen LogP contribution in [0, 0.1) is 0 Å². The Labute approximate surface area is 108 Å². The van der Waals surface area contributed by atoms with Crippen molar-refractivity contribution < 1.29 is 0 Å². The van der Waals surface area contributed by atoms with Crippen molar-refractivity contribution in [3.8, 4) is 0 Å². The molecule has 0 aromatic heterocycles. The fourth-order valence-electron chi connectivity index (χ4n) is 1.66. The molecule has 1 saturated heterocycles. The molecule has 4 heteroatoms. The van der Waals surface area contributed by atoms with Crippen molar-refractivity contribution in [2.75, 3.05) is 6.54 Å². The predicted molar refractivity (Wildman–Crippen MR) is 71.6 cm³/mol. The number of benzene rings is 1. The van der Waals surface area contributed by atoms with E-state index in [2.05, 4.69) is 34.2 Å². The summed E-state index contributed by atoms with van der Waals surface area (Å²) in [5.41, 5.74) is 1.19. The van der Waals surface area contributed by atoms with E-state index in [1.807, 2.05) is 23.9 Å². The summed E-state index contributed by atoms with van der Waals surface area (Å²) in [6.45, 7) is 3.34. The SMILES string of the molecule is CC1CCNC(c2ccc(Br)cc2Cl)S1. The highest BCUT2D eigenvalue weighted by molar-refractivity contribution is 9.10. The van der Waals surface area contributed by atoms with E-state index < -0.39 is 0 Å². The fourth-order valence-corrected chi connectivity index (χ4v) is 3.80. The van der Waals surface area contributed by atoms with Crippen molar-refractivity contribution in [2.45, 2.75) is 24.0 Å². The molecule has 82 valence electrons. The van der Waals surface area contributed by atoms with Crippen molar-refractivity contribution in [2.24, 2.45) is 0 Å². The third kappa shape index (κ3) is 2.90. The molecule has 1 heterocycles. The topological polar surface area (TPSA) is 12.0 Å². The van der Waals surface area contributed by atoms with Gasteiger partial charge in [-0.1, -0.05) is 40.5 Å². The van der Waals surface area contributed by atoms with Crippen molar-refractivity contribution in [3.05, 3.63) is 33.3 Å². The Morgan fingerprint density at radius 2 is 2.33 bits per heavy atom. The lowest BCUT2D eigenvalue weighted by Crippen LogP contribution is -2.28. The molecule has 0 aliphatic carbocycles. The summed E-state index contributed by atoms with van der Waals surface area (Å²) in [6, 6.07) is 6.09. The van der Waals surface area contributed by atoms with Gasteiger partial charge in [0.15, 0.2) is 0 Å². The molecule has 2 unspecified atom stereocenters. The van der Waals surface area contributed by atoms with Crippen LogP contribution in [0.25, 0.3) is 0 Å². The molecule has 1 N–H and O–H groups in total. The molecule has 1 aliphatic heterocycles. The van der Waals surface area contributed by atoms with Crippen LogP contribution < -0.4 is 5.32 Å². The molecule has 0 spiro atoms. The van der Waals surface area contributed by atoms with Gasteiger partial charge in [-0.3, -0.25) is 0 Å². The van der Waals surface area contributed by atoms with Gasteiger partial charge in [0.05, 0.1) is 5.37 Å². The lowest BCUT2D eigenvalue weighted by molar-refractivity contribution is 0.605. The molecule has 1 aromatic rings. The third-order valence-electron chi connectivity index (χ3n) is 2.49. The Balaban J connectivity index is 2.21. The minimum atomic E-state index is 0.342. The van der Waals surface area contributed by atoms with Crippen molar-refractivity contribution in [1.29, 1.82) is 0 Å². The summed E-state index contributed by atoms with van der Waals surface area (Å²) in [7, 11) is 0. The quantitative estimate of drug-likeness (QED) is 0.834. The first-order chi connectivity index (χ1) is 7.16. The number of halogens is 2. The molecule has 15 heavy (non-hydrogen) atoms. The van der Waals surface area contributed by atoms with Crippen LogP contribution in [0.5, 0.6) is 0 Å². The number of rotatable bonds is 1. The van der Waals surface area contributed by atoms with E-state index in [-0.39, 0.29) is 0 Å². The van der Waals surface area contributed by atoms with Crippen LogP contribution in [0.2, 0.25) is 5.02 Å². The van der Waals surface area contributed by atoms with Gasteiger partial charge >= 0.3 is 0 Å². The maximum Gasteiger partial charge on any atom is 0.0806 e. The molecule has 2 atom stereocenters. The lowest BCUT2D eigenvalue weighted by Gasteiger charge is -2.28. The van der Waals surface area contributed by atoms with Crippen LogP contribution in [0.4, 0.5) is 0 Å². The lowest BCUT2D eigenvalue weighted by atomic mass is 10.2. The second-order valence-corrected chi connectivity index (χ2v) is 6.61. The Kier molecular flexibility index (Phi) is 3.99. The van der Waals surface area contributed by atoms with Crippen LogP contribution in [0.15, 0.2) is 22.7 Å². The summed E-state index contributed by atoms with van der Waals surface area (Å²) in [5, 5.41) is 5.37.